The molecule has 0 amide bonds. The average Bonchev–Trinajstić information content (AvgIpc) is 2.37. The summed E-state index contributed by atoms with van der Waals surface area (Å²) >= 11 is 3.28. The summed E-state index contributed by atoms with van der Waals surface area (Å²) in [7, 11) is 1.81. The molecule has 2 rings (SSSR count). The Morgan fingerprint density at radius 2 is 2.00 bits per heavy atom. The molecule has 0 saturated heterocycles. The summed E-state index contributed by atoms with van der Waals surface area (Å²) in [6.45, 7) is 2.10. The van der Waals surface area contributed by atoms with Crippen LogP contribution in [0.15, 0.2) is 28.7 Å². The lowest BCUT2D eigenvalue weighted by Gasteiger charge is -2.08. The number of hydrogen-bond acceptors (Lipinski definition) is 3. The van der Waals surface area contributed by atoms with E-state index in [4.69, 9.17) is 0 Å². The first-order valence-corrected chi connectivity index (χ1v) is 6.94. The van der Waals surface area contributed by atoms with Crippen molar-refractivity contribution in [3.05, 3.63) is 40.2 Å². The van der Waals surface area contributed by atoms with Gasteiger partial charge >= 0.3 is 0 Å². The van der Waals surface area contributed by atoms with Crippen LogP contribution in [0.5, 0.6) is 0 Å². The highest BCUT2D eigenvalue weighted by Gasteiger charge is 2.08. The van der Waals surface area contributed by atoms with Crippen molar-refractivity contribution in [2.75, 3.05) is 12.4 Å². The maximum Gasteiger partial charge on any atom is 0.161 e. The molecule has 0 saturated carbocycles. The maximum absolute atomic E-state index is 13.4. The van der Waals surface area contributed by atoms with Gasteiger partial charge in [-0.05, 0) is 24.6 Å². The molecule has 3 nitrogen and oxygen atoms in total. The lowest BCUT2D eigenvalue weighted by atomic mass is 10.2. The summed E-state index contributed by atoms with van der Waals surface area (Å²) < 4.78 is 14.1. The van der Waals surface area contributed by atoms with Crippen molar-refractivity contribution in [1.29, 1.82) is 0 Å². The normalized spacial score (nSPS) is 10.5. The molecule has 0 aliphatic carbocycles. The number of rotatable bonds is 4. The highest BCUT2D eigenvalue weighted by molar-refractivity contribution is 9.10. The predicted molar refractivity (Wildman–Crippen MR) is 78.7 cm³/mol. The van der Waals surface area contributed by atoms with Gasteiger partial charge in [0.25, 0.3) is 0 Å². The fourth-order valence-corrected chi connectivity index (χ4v) is 2.29. The van der Waals surface area contributed by atoms with Gasteiger partial charge < -0.3 is 5.32 Å². The zero-order valence-electron chi connectivity index (χ0n) is 10.9. The summed E-state index contributed by atoms with van der Waals surface area (Å²) in [4.78, 5) is 8.86. The number of aromatic nitrogens is 2. The molecule has 1 heterocycles. The van der Waals surface area contributed by atoms with Crippen LogP contribution in [0.3, 0.4) is 0 Å². The highest BCUT2D eigenvalue weighted by atomic mass is 79.9. The van der Waals surface area contributed by atoms with Crippen molar-refractivity contribution in [2.24, 2.45) is 0 Å². The summed E-state index contributed by atoms with van der Waals surface area (Å²) in [6.07, 6.45) is 1.88. The molecular formula is C14H15BrFN3. The molecule has 0 radical (unpaired) electrons. The Hall–Kier alpha value is -1.49. The SMILES string of the molecule is CCCc1cc(NC)nc(-c2cc(F)cc(Br)c2)n1. The van der Waals surface area contributed by atoms with Crippen LogP contribution in [-0.4, -0.2) is 17.0 Å². The van der Waals surface area contributed by atoms with E-state index in [0.717, 1.165) is 24.4 Å². The Labute approximate surface area is 120 Å². The van der Waals surface area contributed by atoms with Crippen LogP contribution >= 0.6 is 15.9 Å². The van der Waals surface area contributed by atoms with Gasteiger partial charge in [0.15, 0.2) is 5.82 Å². The monoisotopic (exact) mass is 323 g/mol. The average molecular weight is 324 g/mol. The molecule has 0 aliphatic rings. The fraction of sp³-hybridized carbons (Fsp3) is 0.286. The molecule has 1 aromatic carbocycles. The molecule has 0 unspecified atom stereocenters. The number of nitrogens with zero attached hydrogens (tertiary/aromatic N) is 2. The third kappa shape index (κ3) is 3.50. The van der Waals surface area contributed by atoms with E-state index in [1.54, 1.807) is 0 Å². The van der Waals surface area contributed by atoms with Crippen LogP contribution in [0.25, 0.3) is 11.4 Å². The van der Waals surface area contributed by atoms with E-state index in [2.05, 4.69) is 38.1 Å². The van der Waals surface area contributed by atoms with Crippen molar-refractivity contribution in [2.45, 2.75) is 19.8 Å². The zero-order valence-corrected chi connectivity index (χ0v) is 12.5. The summed E-state index contributed by atoms with van der Waals surface area (Å²) in [5.74, 6) is 0.976. The number of anilines is 1. The number of hydrogen-bond donors (Lipinski definition) is 1. The molecule has 1 aromatic heterocycles. The number of nitrogens with one attached hydrogen (secondary N) is 1. The van der Waals surface area contributed by atoms with E-state index in [-0.39, 0.29) is 5.82 Å². The lowest BCUT2D eigenvalue weighted by molar-refractivity contribution is 0.627. The fourth-order valence-electron chi connectivity index (χ4n) is 1.82. The minimum atomic E-state index is -0.306. The van der Waals surface area contributed by atoms with Crippen molar-refractivity contribution < 1.29 is 4.39 Å². The van der Waals surface area contributed by atoms with Crippen molar-refractivity contribution >= 4 is 21.7 Å². The minimum absolute atomic E-state index is 0.306. The van der Waals surface area contributed by atoms with Gasteiger partial charge in [0.05, 0.1) is 0 Å². The van der Waals surface area contributed by atoms with Crippen LogP contribution in [0, 0.1) is 5.82 Å². The van der Waals surface area contributed by atoms with Crippen LogP contribution < -0.4 is 5.32 Å². The predicted octanol–water partition coefficient (Wildman–Crippen LogP) is 4.04. The van der Waals surface area contributed by atoms with E-state index < -0.39 is 0 Å². The van der Waals surface area contributed by atoms with E-state index in [1.807, 2.05) is 19.2 Å². The van der Waals surface area contributed by atoms with Crippen molar-refractivity contribution in [3.8, 4) is 11.4 Å². The number of benzene rings is 1. The van der Waals surface area contributed by atoms with Crippen molar-refractivity contribution in [3.63, 3.8) is 0 Å². The molecular weight excluding hydrogens is 309 g/mol. The summed E-state index contributed by atoms with van der Waals surface area (Å²) in [5.41, 5.74) is 1.62. The van der Waals surface area contributed by atoms with Gasteiger partial charge in [-0.3, -0.25) is 0 Å². The second kappa shape index (κ2) is 6.10. The Balaban J connectivity index is 2.50. The molecule has 0 bridgehead atoms. The van der Waals surface area contributed by atoms with E-state index >= 15 is 0 Å². The van der Waals surface area contributed by atoms with Gasteiger partial charge in [-0.15, -0.1) is 0 Å². The Morgan fingerprint density at radius 3 is 2.63 bits per heavy atom. The van der Waals surface area contributed by atoms with Gasteiger partial charge in [-0.25, -0.2) is 14.4 Å². The van der Waals surface area contributed by atoms with Gasteiger partial charge in [0, 0.05) is 28.8 Å². The lowest BCUT2D eigenvalue weighted by Crippen LogP contribution is -2.01. The van der Waals surface area contributed by atoms with E-state index in [0.29, 0.717) is 15.9 Å². The third-order valence-electron chi connectivity index (χ3n) is 2.66. The first-order valence-electron chi connectivity index (χ1n) is 6.14. The van der Waals surface area contributed by atoms with Crippen LogP contribution in [0.4, 0.5) is 10.2 Å². The van der Waals surface area contributed by atoms with Gasteiger partial charge in [0.1, 0.15) is 11.6 Å². The topological polar surface area (TPSA) is 37.8 Å². The van der Waals surface area contributed by atoms with Crippen molar-refractivity contribution in [1.82, 2.24) is 9.97 Å². The van der Waals surface area contributed by atoms with Gasteiger partial charge in [-0.2, -0.15) is 0 Å². The number of aryl methyl sites for hydroxylation is 1. The molecule has 1 N–H and O–H groups in total. The third-order valence-corrected chi connectivity index (χ3v) is 3.12. The standard InChI is InChI=1S/C14H15BrFN3/c1-3-4-12-8-13(17-2)19-14(18-12)9-5-10(15)7-11(16)6-9/h5-8H,3-4H2,1-2H3,(H,17,18,19). The molecule has 0 atom stereocenters. The van der Waals surface area contributed by atoms with Gasteiger partial charge in [0.2, 0.25) is 0 Å². The Morgan fingerprint density at radius 1 is 1.21 bits per heavy atom. The zero-order chi connectivity index (χ0) is 13.8. The van der Waals surface area contributed by atoms with E-state index in [1.165, 1.54) is 12.1 Å². The quantitative estimate of drug-likeness (QED) is 0.922. The molecule has 0 aliphatic heterocycles. The van der Waals surface area contributed by atoms with Crippen LogP contribution in [-0.2, 0) is 6.42 Å². The maximum atomic E-state index is 13.4. The van der Waals surface area contributed by atoms with Gasteiger partial charge in [-0.1, -0.05) is 29.3 Å². The molecule has 2 aromatic rings. The minimum Gasteiger partial charge on any atom is -0.373 e. The molecule has 5 heteroatoms. The Kier molecular flexibility index (Phi) is 4.47. The second-order valence-corrected chi connectivity index (χ2v) is 5.14. The molecule has 0 spiro atoms. The smallest absolute Gasteiger partial charge is 0.161 e. The van der Waals surface area contributed by atoms with Crippen LogP contribution in [0.1, 0.15) is 19.0 Å². The first kappa shape index (κ1) is 13.9. The highest BCUT2D eigenvalue weighted by Crippen LogP contribution is 2.23. The molecule has 0 fully saturated rings. The largest absolute Gasteiger partial charge is 0.373 e. The first-order chi connectivity index (χ1) is 9.12. The van der Waals surface area contributed by atoms with Crippen LogP contribution in [0.2, 0.25) is 0 Å². The molecule has 100 valence electrons. The Bertz CT molecular complexity index is 567. The summed E-state index contributed by atoms with van der Waals surface area (Å²) in [6, 6.07) is 6.59. The molecule has 19 heavy (non-hydrogen) atoms. The summed E-state index contributed by atoms with van der Waals surface area (Å²) in [5, 5.41) is 3.01. The second-order valence-electron chi connectivity index (χ2n) is 4.23. The number of halogens is 2. The van der Waals surface area contributed by atoms with E-state index in [9.17, 15) is 4.39 Å².